The first kappa shape index (κ1) is 14.9. The fraction of sp³-hybridized carbons (Fsp3) is 0.455. The quantitative estimate of drug-likeness (QED) is 0.374. The van der Waals surface area contributed by atoms with Crippen molar-refractivity contribution in [1.82, 2.24) is 9.88 Å². The average molecular weight is 310 g/mol. The third-order valence-electron chi connectivity index (χ3n) is 2.79. The summed E-state index contributed by atoms with van der Waals surface area (Å²) in [5.41, 5.74) is -0.949. The minimum Gasteiger partial charge on any atom is -0.409 e. The third kappa shape index (κ3) is 3.13. The molecule has 1 aliphatic heterocycles. The normalized spacial score (nSPS) is 17.4. The number of rotatable bonds is 1. The highest BCUT2D eigenvalue weighted by Gasteiger charge is 2.32. The van der Waals surface area contributed by atoms with E-state index in [0.717, 1.165) is 6.07 Å². The van der Waals surface area contributed by atoms with Crippen LogP contribution in [-0.2, 0) is 10.9 Å². The zero-order chi connectivity index (χ0) is 14.8. The van der Waals surface area contributed by atoms with E-state index >= 15 is 0 Å². The summed E-state index contributed by atoms with van der Waals surface area (Å²) in [6.45, 7) is 1.74. The van der Waals surface area contributed by atoms with Crippen molar-refractivity contribution in [2.24, 2.45) is 5.16 Å². The van der Waals surface area contributed by atoms with Crippen LogP contribution in [0.4, 0.5) is 13.2 Å². The average Bonchev–Trinajstić information content (AvgIpc) is 2.41. The summed E-state index contributed by atoms with van der Waals surface area (Å²) in [6, 6.07) is 0.759. The summed E-state index contributed by atoms with van der Waals surface area (Å²) in [6.07, 6.45) is -3.86. The molecular formula is C11H11ClF3N3O2. The maximum absolute atomic E-state index is 12.5. The fourth-order valence-electron chi connectivity index (χ4n) is 1.79. The number of hydrogen-bond donors (Lipinski definition) is 1. The monoisotopic (exact) mass is 309 g/mol. The van der Waals surface area contributed by atoms with E-state index in [2.05, 4.69) is 10.1 Å². The van der Waals surface area contributed by atoms with Crippen LogP contribution < -0.4 is 0 Å². The first-order valence-electron chi connectivity index (χ1n) is 5.71. The van der Waals surface area contributed by atoms with Gasteiger partial charge in [0.05, 0.1) is 23.8 Å². The number of amidine groups is 1. The minimum atomic E-state index is -4.52. The van der Waals surface area contributed by atoms with Gasteiger partial charge in [-0.25, -0.2) is 0 Å². The molecule has 0 bridgehead atoms. The number of morpholine rings is 1. The second kappa shape index (κ2) is 5.84. The Hall–Kier alpha value is -1.54. The van der Waals surface area contributed by atoms with Crippen LogP contribution in [0.5, 0.6) is 0 Å². The third-order valence-corrected chi connectivity index (χ3v) is 3.07. The molecule has 0 unspecified atom stereocenters. The molecule has 1 aromatic heterocycles. The van der Waals surface area contributed by atoms with Gasteiger partial charge in [0.15, 0.2) is 5.84 Å². The van der Waals surface area contributed by atoms with Crippen LogP contribution in [-0.4, -0.2) is 47.2 Å². The molecular weight excluding hydrogens is 299 g/mol. The van der Waals surface area contributed by atoms with E-state index in [9.17, 15) is 13.2 Å². The van der Waals surface area contributed by atoms with Crippen molar-refractivity contribution >= 4 is 17.4 Å². The standard InChI is InChI=1S/C11H11ClF3N3O2/c12-8-5-7(11(13,14)15)6-16-9(8)10(17-19)18-1-3-20-4-2-18/h5-6,19H,1-4H2/b17-10-. The van der Waals surface area contributed by atoms with Crippen LogP contribution in [0.1, 0.15) is 11.3 Å². The molecule has 2 rings (SSSR count). The summed E-state index contributed by atoms with van der Waals surface area (Å²) in [7, 11) is 0. The number of oxime groups is 1. The van der Waals surface area contributed by atoms with Crippen LogP contribution >= 0.6 is 11.6 Å². The summed E-state index contributed by atoms with van der Waals surface area (Å²) in [5.74, 6) is 0.0343. The van der Waals surface area contributed by atoms with Gasteiger partial charge in [0.2, 0.25) is 0 Å². The zero-order valence-corrected chi connectivity index (χ0v) is 10.9. The molecule has 0 amide bonds. The molecule has 1 aromatic rings. The van der Waals surface area contributed by atoms with Crippen LogP contribution in [0.15, 0.2) is 17.4 Å². The topological polar surface area (TPSA) is 58.0 Å². The maximum Gasteiger partial charge on any atom is 0.417 e. The molecule has 1 aliphatic rings. The predicted molar refractivity (Wildman–Crippen MR) is 65.0 cm³/mol. The second-order valence-corrected chi connectivity index (χ2v) is 4.48. The van der Waals surface area contributed by atoms with Gasteiger partial charge in [-0.05, 0) is 6.07 Å². The van der Waals surface area contributed by atoms with E-state index in [1.807, 2.05) is 0 Å². The van der Waals surface area contributed by atoms with Gasteiger partial charge in [-0.3, -0.25) is 4.98 Å². The predicted octanol–water partition coefficient (Wildman–Crippen LogP) is 2.22. The molecule has 0 aliphatic carbocycles. The number of halogens is 4. The van der Waals surface area contributed by atoms with Crippen molar-refractivity contribution < 1.29 is 23.1 Å². The van der Waals surface area contributed by atoms with Crippen LogP contribution in [0.2, 0.25) is 5.02 Å². The SMILES string of the molecule is O/N=C(/c1ncc(C(F)(F)F)cc1Cl)N1CCOCC1. The number of pyridine rings is 1. The molecule has 0 atom stereocenters. The van der Waals surface area contributed by atoms with Crippen molar-refractivity contribution in [3.8, 4) is 0 Å². The Bertz CT molecular complexity index is 516. The fourth-order valence-corrected chi connectivity index (χ4v) is 2.04. The van der Waals surface area contributed by atoms with E-state index < -0.39 is 11.7 Å². The lowest BCUT2D eigenvalue weighted by Gasteiger charge is -2.28. The maximum atomic E-state index is 12.5. The highest BCUT2D eigenvalue weighted by atomic mass is 35.5. The lowest BCUT2D eigenvalue weighted by atomic mass is 10.2. The number of aromatic nitrogens is 1. The molecule has 0 aromatic carbocycles. The summed E-state index contributed by atoms with van der Waals surface area (Å²) < 4.78 is 42.7. The van der Waals surface area contributed by atoms with Gasteiger partial charge in [-0.1, -0.05) is 16.8 Å². The van der Waals surface area contributed by atoms with Crippen LogP contribution in [0.25, 0.3) is 0 Å². The molecule has 2 heterocycles. The molecule has 0 radical (unpaired) electrons. The van der Waals surface area contributed by atoms with Crippen molar-refractivity contribution in [3.63, 3.8) is 0 Å². The lowest BCUT2D eigenvalue weighted by Crippen LogP contribution is -2.41. The van der Waals surface area contributed by atoms with Gasteiger partial charge in [0.1, 0.15) is 5.69 Å². The molecule has 0 saturated carbocycles. The Labute approximate surface area is 117 Å². The van der Waals surface area contributed by atoms with Gasteiger partial charge in [-0.15, -0.1) is 0 Å². The number of hydrogen-bond acceptors (Lipinski definition) is 4. The van der Waals surface area contributed by atoms with Crippen molar-refractivity contribution in [2.75, 3.05) is 26.3 Å². The first-order valence-corrected chi connectivity index (χ1v) is 6.09. The number of nitrogens with zero attached hydrogens (tertiary/aromatic N) is 3. The summed E-state index contributed by atoms with van der Waals surface area (Å²) in [5, 5.41) is 11.9. The van der Waals surface area contributed by atoms with E-state index in [1.54, 1.807) is 4.90 Å². The molecule has 110 valence electrons. The Kier molecular flexibility index (Phi) is 4.34. The Morgan fingerprint density at radius 2 is 2.05 bits per heavy atom. The second-order valence-electron chi connectivity index (χ2n) is 4.08. The number of ether oxygens (including phenoxy) is 1. The van der Waals surface area contributed by atoms with Crippen molar-refractivity contribution in [3.05, 3.63) is 28.5 Å². The largest absolute Gasteiger partial charge is 0.417 e. The van der Waals surface area contributed by atoms with Gasteiger partial charge in [0, 0.05) is 19.3 Å². The minimum absolute atomic E-state index is 0.00377. The van der Waals surface area contributed by atoms with Gasteiger partial charge >= 0.3 is 6.18 Å². The van der Waals surface area contributed by atoms with Gasteiger partial charge in [0.25, 0.3) is 0 Å². The summed E-state index contributed by atoms with van der Waals surface area (Å²) in [4.78, 5) is 5.31. The Morgan fingerprint density at radius 1 is 1.40 bits per heavy atom. The van der Waals surface area contributed by atoms with E-state index in [0.29, 0.717) is 32.5 Å². The van der Waals surface area contributed by atoms with Gasteiger partial charge < -0.3 is 14.8 Å². The highest BCUT2D eigenvalue weighted by Crippen LogP contribution is 2.31. The molecule has 5 nitrogen and oxygen atoms in total. The molecule has 9 heteroatoms. The number of alkyl halides is 3. The van der Waals surface area contributed by atoms with Crippen molar-refractivity contribution in [2.45, 2.75) is 6.18 Å². The first-order chi connectivity index (χ1) is 9.43. The summed E-state index contributed by atoms with van der Waals surface area (Å²) >= 11 is 5.82. The van der Waals surface area contributed by atoms with E-state index in [-0.39, 0.29) is 16.6 Å². The molecule has 1 saturated heterocycles. The molecule has 1 fully saturated rings. The van der Waals surface area contributed by atoms with E-state index in [1.165, 1.54) is 0 Å². The molecule has 20 heavy (non-hydrogen) atoms. The van der Waals surface area contributed by atoms with Gasteiger partial charge in [-0.2, -0.15) is 13.2 Å². The molecule has 1 N–H and O–H groups in total. The lowest BCUT2D eigenvalue weighted by molar-refractivity contribution is -0.137. The highest BCUT2D eigenvalue weighted by molar-refractivity contribution is 6.33. The zero-order valence-electron chi connectivity index (χ0n) is 10.2. The van der Waals surface area contributed by atoms with E-state index in [4.69, 9.17) is 21.5 Å². The van der Waals surface area contributed by atoms with Crippen LogP contribution in [0, 0.1) is 0 Å². The van der Waals surface area contributed by atoms with Crippen LogP contribution in [0.3, 0.4) is 0 Å². The smallest absolute Gasteiger partial charge is 0.409 e. The van der Waals surface area contributed by atoms with Crippen molar-refractivity contribution in [1.29, 1.82) is 0 Å². The Morgan fingerprint density at radius 3 is 2.55 bits per heavy atom. The molecule has 0 spiro atoms. The Balaban J connectivity index is 2.31.